The van der Waals surface area contributed by atoms with Crippen LogP contribution in [-0.2, 0) is 11.0 Å². The lowest BCUT2D eigenvalue weighted by Crippen LogP contribution is -2.09. The molecule has 114 valence electrons. The number of carbonyl (C=O) groups is 1. The lowest BCUT2D eigenvalue weighted by molar-refractivity contribution is -0.137. The molecule has 1 aromatic carbocycles. The molecule has 0 radical (unpaired) electrons. The van der Waals surface area contributed by atoms with Gasteiger partial charge in [0.1, 0.15) is 0 Å². The Balaban J connectivity index is 1.98. The molecule has 0 saturated carbocycles. The minimum atomic E-state index is -4.46. The number of alkyl halides is 3. The minimum absolute atomic E-state index is 0.164. The molecule has 1 aromatic heterocycles. The number of nitrogens with two attached hydrogens (primary N) is 1. The second-order valence-electron chi connectivity index (χ2n) is 5.16. The molecular weight excluding hydrogens is 295 g/mol. The number of furan rings is 1. The van der Waals surface area contributed by atoms with Gasteiger partial charge in [-0.05, 0) is 23.8 Å². The zero-order valence-corrected chi connectivity index (χ0v) is 11.4. The van der Waals surface area contributed by atoms with E-state index >= 15 is 0 Å². The maximum atomic E-state index is 12.8. The van der Waals surface area contributed by atoms with Crippen LogP contribution in [0.5, 0.6) is 0 Å². The summed E-state index contributed by atoms with van der Waals surface area (Å²) in [5.74, 6) is -0.776. The molecule has 1 aliphatic rings. The van der Waals surface area contributed by atoms with Crippen LogP contribution in [0.25, 0.3) is 5.57 Å². The van der Waals surface area contributed by atoms with Crippen molar-refractivity contribution in [3.05, 3.63) is 65.2 Å². The van der Waals surface area contributed by atoms with Crippen molar-refractivity contribution in [3.8, 4) is 0 Å². The maximum absolute atomic E-state index is 12.8. The summed E-state index contributed by atoms with van der Waals surface area (Å²) in [6.07, 6.45) is -1.28. The lowest BCUT2D eigenvalue weighted by atomic mass is 9.94. The van der Waals surface area contributed by atoms with Crippen molar-refractivity contribution in [2.45, 2.75) is 18.5 Å². The molecule has 2 aromatic rings. The van der Waals surface area contributed by atoms with Crippen molar-refractivity contribution < 1.29 is 22.4 Å². The molecule has 1 aliphatic carbocycles. The summed E-state index contributed by atoms with van der Waals surface area (Å²) in [4.78, 5) is 12.5. The standard InChI is InChI=1S/C16H12F3NO2/c17-16(18,19)11-3-1-2-9(6-11)14-13(20)7-12(15(14)21)10-4-5-22-8-10/h1-6,8,12H,7,20H2. The van der Waals surface area contributed by atoms with E-state index in [0.29, 0.717) is 11.3 Å². The molecule has 22 heavy (non-hydrogen) atoms. The van der Waals surface area contributed by atoms with E-state index in [1.165, 1.54) is 24.7 Å². The smallest absolute Gasteiger partial charge is 0.416 e. The highest BCUT2D eigenvalue weighted by molar-refractivity contribution is 6.26. The van der Waals surface area contributed by atoms with Crippen molar-refractivity contribution in [1.29, 1.82) is 0 Å². The van der Waals surface area contributed by atoms with Crippen LogP contribution in [0.15, 0.2) is 53.0 Å². The molecule has 0 saturated heterocycles. The summed E-state index contributed by atoms with van der Waals surface area (Å²) in [7, 11) is 0. The first-order valence-corrected chi connectivity index (χ1v) is 6.60. The Labute approximate surface area is 124 Å². The largest absolute Gasteiger partial charge is 0.472 e. The summed E-state index contributed by atoms with van der Waals surface area (Å²) in [6, 6.07) is 6.32. The van der Waals surface area contributed by atoms with E-state index < -0.39 is 17.7 Å². The molecule has 1 heterocycles. The van der Waals surface area contributed by atoms with Gasteiger partial charge in [-0.1, -0.05) is 12.1 Å². The average Bonchev–Trinajstić information content (AvgIpc) is 3.06. The predicted molar refractivity (Wildman–Crippen MR) is 73.6 cm³/mol. The highest BCUT2D eigenvalue weighted by atomic mass is 19.4. The van der Waals surface area contributed by atoms with Gasteiger partial charge in [0.05, 0.1) is 24.0 Å². The fraction of sp³-hybridized carbons (Fsp3) is 0.188. The van der Waals surface area contributed by atoms with Gasteiger partial charge in [0, 0.05) is 23.3 Å². The molecule has 0 aliphatic heterocycles. The van der Waals surface area contributed by atoms with Gasteiger partial charge in [0.2, 0.25) is 0 Å². The van der Waals surface area contributed by atoms with Crippen LogP contribution in [0.1, 0.15) is 29.0 Å². The van der Waals surface area contributed by atoms with Gasteiger partial charge in [-0.2, -0.15) is 13.2 Å². The number of halogens is 3. The van der Waals surface area contributed by atoms with Gasteiger partial charge in [-0.25, -0.2) is 0 Å². The first-order valence-electron chi connectivity index (χ1n) is 6.60. The van der Waals surface area contributed by atoms with Gasteiger partial charge < -0.3 is 10.2 Å². The number of benzene rings is 1. The third kappa shape index (κ3) is 2.41. The van der Waals surface area contributed by atoms with Crippen molar-refractivity contribution in [3.63, 3.8) is 0 Å². The van der Waals surface area contributed by atoms with Crippen molar-refractivity contribution >= 4 is 11.4 Å². The molecule has 6 heteroatoms. The van der Waals surface area contributed by atoms with Gasteiger partial charge >= 0.3 is 6.18 Å². The fourth-order valence-electron chi connectivity index (χ4n) is 2.67. The van der Waals surface area contributed by atoms with E-state index in [-0.39, 0.29) is 23.3 Å². The zero-order valence-electron chi connectivity index (χ0n) is 11.4. The number of hydrogen-bond acceptors (Lipinski definition) is 3. The first-order chi connectivity index (χ1) is 10.4. The highest BCUT2D eigenvalue weighted by Gasteiger charge is 2.36. The molecular formula is C16H12F3NO2. The van der Waals surface area contributed by atoms with Crippen LogP contribution in [0, 0.1) is 0 Å². The summed E-state index contributed by atoms with van der Waals surface area (Å²) in [5.41, 5.74) is 6.44. The van der Waals surface area contributed by atoms with Crippen molar-refractivity contribution in [2.24, 2.45) is 5.73 Å². The summed E-state index contributed by atoms with van der Waals surface area (Å²) < 4.78 is 43.4. The Kier molecular flexibility index (Phi) is 3.31. The van der Waals surface area contributed by atoms with Gasteiger partial charge in [-0.15, -0.1) is 0 Å². The monoisotopic (exact) mass is 307 g/mol. The molecule has 1 unspecified atom stereocenters. The van der Waals surface area contributed by atoms with Crippen LogP contribution >= 0.6 is 0 Å². The zero-order chi connectivity index (χ0) is 15.9. The number of Topliss-reactive ketones (excluding diaryl/α,β-unsaturated/α-hetero) is 1. The molecule has 0 fully saturated rings. The van der Waals surface area contributed by atoms with Gasteiger partial charge in [-0.3, -0.25) is 4.79 Å². The predicted octanol–water partition coefficient (Wildman–Crippen LogP) is 3.72. The third-order valence-corrected chi connectivity index (χ3v) is 3.73. The van der Waals surface area contributed by atoms with E-state index in [4.69, 9.17) is 10.2 Å². The Morgan fingerprint density at radius 3 is 2.64 bits per heavy atom. The number of allylic oxidation sites excluding steroid dienone is 2. The SMILES string of the molecule is NC1=C(c2cccc(C(F)(F)F)c2)C(=O)C(c2ccoc2)C1. The molecule has 0 amide bonds. The Bertz CT molecular complexity index is 745. The number of hydrogen-bond donors (Lipinski definition) is 1. The molecule has 0 spiro atoms. The Hall–Kier alpha value is -2.50. The first kappa shape index (κ1) is 14.4. The lowest BCUT2D eigenvalue weighted by Gasteiger charge is -2.10. The molecule has 0 bridgehead atoms. The van der Waals surface area contributed by atoms with E-state index in [2.05, 4.69) is 0 Å². The van der Waals surface area contributed by atoms with E-state index in [1.54, 1.807) is 6.07 Å². The van der Waals surface area contributed by atoms with E-state index in [1.807, 2.05) is 0 Å². The third-order valence-electron chi connectivity index (χ3n) is 3.73. The number of carbonyl (C=O) groups excluding carboxylic acids is 1. The molecule has 1 atom stereocenters. The Morgan fingerprint density at radius 1 is 1.23 bits per heavy atom. The summed E-state index contributed by atoms with van der Waals surface area (Å²) in [5, 5.41) is 0. The second-order valence-corrected chi connectivity index (χ2v) is 5.16. The van der Waals surface area contributed by atoms with E-state index in [0.717, 1.165) is 12.1 Å². The topological polar surface area (TPSA) is 56.2 Å². The van der Waals surface area contributed by atoms with Gasteiger partial charge in [0.25, 0.3) is 0 Å². The van der Waals surface area contributed by atoms with Crippen LogP contribution in [0.2, 0.25) is 0 Å². The number of ketones is 1. The minimum Gasteiger partial charge on any atom is -0.472 e. The molecule has 3 rings (SSSR count). The van der Waals surface area contributed by atoms with Gasteiger partial charge in [0.15, 0.2) is 5.78 Å². The van der Waals surface area contributed by atoms with Crippen molar-refractivity contribution in [2.75, 3.05) is 0 Å². The number of rotatable bonds is 2. The fourth-order valence-corrected chi connectivity index (χ4v) is 2.67. The van der Waals surface area contributed by atoms with Crippen LogP contribution in [0.3, 0.4) is 0 Å². The van der Waals surface area contributed by atoms with Crippen molar-refractivity contribution in [1.82, 2.24) is 0 Å². The summed E-state index contributed by atoms with van der Waals surface area (Å²) >= 11 is 0. The quantitative estimate of drug-likeness (QED) is 0.920. The second kappa shape index (κ2) is 5.05. The van der Waals surface area contributed by atoms with E-state index in [9.17, 15) is 18.0 Å². The highest BCUT2D eigenvalue weighted by Crippen LogP contribution is 2.39. The molecule has 2 N–H and O–H groups in total. The molecule has 3 nitrogen and oxygen atoms in total. The van der Waals surface area contributed by atoms with Crippen LogP contribution in [-0.4, -0.2) is 5.78 Å². The normalized spacial score (nSPS) is 19.0. The van der Waals surface area contributed by atoms with Crippen LogP contribution in [0.4, 0.5) is 13.2 Å². The Morgan fingerprint density at radius 2 is 2.00 bits per heavy atom. The summed E-state index contributed by atoms with van der Waals surface area (Å²) in [6.45, 7) is 0. The average molecular weight is 307 g/mol. The van der Waals surface area contributed by atoms with Crippen LogP contribution < -0.4 is 5.73 Å². The maximum Gasteiger partial charge on any atom is 0.416 e.